The number of ether oxygens (including phenoxy) is 1. The highest BCUT2D eigenvalue weighted by molar-refractivity contribution is 5.60. The van der Waals surface area contributed by atoms with Gasteiger partial charge in [0.1, 0.15) is 6.61 Å². The molecule has 2 aromatic rings. The van der Waals surface area contributed by atoms with Gasteiger partial charge in [0.05, 0.1) is 5.16 Å². The largest absolute Gasteiger partial charge is 0.454 e. The van der Waals surface area contributed by atoms with Crippen LogP contribution in [0.25, 0.3) is 11.3 Å². The minimum absolute atomic E-state index is 0.220. The number of hydrogen-bond acceptors (Lipinski definition) is 5. The van der Waals surface area contributed by atoms with Gasteiger partial charge in [0.25, 0.3) is 5.69 Å². The summed E-state index contributed by atoms with van der Waals surface area (Å²) in [5, 5.41) is 15.2. The first-order chi connectivity index (χ1) is 8.68. The molecule has 0 radical (unpaired) electrons. The Kier molecular flexibility index (Phi) is 3.78. The number of nitrogens with zero attached hydrogens (tertiary/aromatic N) is 3. The van der Waals surface area contributed by atoms with Gasteiger partial charge in [-0.25, -0.2) is 0 Å². The summed E-state index contributed by atoms with van der Waals surface area (Å²) in [5.74, 6) is 0.220. The number of aromatic nitrogens is 2. The average Bonchev–Trinajstić information content (AvgIpc) is 2.71. The maximum atomic E-state index is 11.5. The summed E-state index contributed by atoms with van der Waals surface area (Å²) in [5.41, 5.74) is 1.02. The molecule has 0 N–H and O–H groups in total. The summed E-state index contributed by atoms with van der Waals surface area (Å²) in [6.45, 7) is 1.18. The molecular formula is C12H15N3O3. The molecule has 0 aliphatic rings. The predicted octanol–water partition coefficient (Wildman–Crippen LogP) is 0.915. The van der Waals surface area contributed by atoms with Crippen LogP contribution in [0.3, 0.4) is 0 Å². The topological polar surface area (TPSA) is 65.4 Å². The van der Waals surface area contributed by atoms with Gasteiger partial charge in [-0.05, 0) is 19.0 Å². The van der Waals surface area contributed by atoms with Crippen molar-refractivity contribution in [2.45, 2.75) is 0 Å². The van der Waals surface area contributed by atoms with Crippen LogP contribution in [0.5, 0.6) is 5.88 Å². The van der Waals surface area contributed by atoms with Gasteiger partial charge in [0, 0.05) is 12.1 Å². The fraction of sp³-hybridized carbons (Fsp3) is 0.333. The lowest BCUT2D eigenvalue weighted by Gasteiger charge is -2.08. The van der Waals surface area contributed by atoms with Crippen LogP contribution < -0.4 is 9.64 Å². The second-order valence-corrected chi connectivity index (χ2v) is 4.10. The Morgan fingerprint density at radius 2 is 2.06 bits per heavy atom. The van der Waals surface area contributed by atoms with Crippen molar-refractivity contribution >= 4 is 0 Å². The molecule has 0 bridgehead atoms. The molecule has 0 saturated carbocycles. The fourth-order valence-corrected chi connectivity index (χ4v) is 1.48. The minimum Gasteiger partial charge on any atom is -0.454 e. The highest BCUT2D eigenvalue weighted by atomic mass is 16.8. The monoisotopic (exact) mass is 249 g/mol. The lowest BCUT2D eigenvalue weighted by molar-refractivity contribution is -0.793. The van der Waals surface area contributed by atoms with Crippen molar-refractivity contribution < 1.29 is 14.3 Å². The molecule has 18 heavy (non-hydrogen) atoms. The Hall–Kier alpha value is -2.08. The normalized spacial score (nSPS) is 10.8. The van der Waals surface area contributed by atoms with Crippen molar-refractivity contribution in [3.05, 3.63) is 35.5 Å². The third-order valence-corrected chi connectivity index (χ3v) is 2.41. The highest BCUT2D eigenvalue weighted by Crippen LogP contribution is 2.24. The Balaban J connectivity index is 2.17. The number of benzene rings is 1. The smallest absolute Gasteiger partial charge is 0.402 e. The molecule has 6 heteroatoms. The van der Waals surface area contributed by atoms with Crippen molar-refractivity contribution in [3.8, 4) is 17.1 Å². The summed E-state index contributed by atoms with van der Waals surface area (Å²) >= 11 is 0. The van der Waals surface area contributed by atoms with E-state index >= 15 is 0 Å². The summed E-state index contributed by atoms with van der Waals surface area (Å²) in [4.78, 5) is 2.34. The number of rotatable bonds is 5. The molecular weight excluding hydrogens is 234 g/mol. The number of hydrogen-bond donors (Lipinski definition) is 0. The standard InChI is InChI=1S/C12H15N3O3/c1-14(2)8-9-17-12-11(15(16)18-13-12)10-6-4-3-5-7-10/h3-7H,8-9H2,1-2H3. The first kappa shape index (κ1) is 12.4. The Morgan fingerprint density at radius 3 is 2.72 bits per heavy atom. The van der Waals surface area contributed by atoms with Gasteiger partial charge in [-0.1, -0.05) is 30.3 Å². The molecule has 0 fully saturated rings. The van der Waals surface area contributed by atoms with Crippen LogP contribution in [0.15, 0.2) is 35.0 Å². The van der Waals surface area contributed by atoms with Crippen LogP contribution in [-0.4, -0.2) is 37.3 Å². The lowest BCUT2D eigenvalue weighted by atomic mass is 10.2. The molecule has 0 unspecified atom stereocenters. The van der Waals surface area contributed by atoms with E-state index in [0.717, 1.165) is 6.54 Å². The fourth-order valence-electron chi connectivity index (χ4n) is 1.48. The van der Waals surface area contributed by atoms with E-state index in [0.29, 0.717) is 22.8 Å². The molecule has 6 nitrogen and oxygen atoms in total. The Morgan fingerprint density at radius 1 is 1.33 bits per heavy atom. The van der Waals surface area contributed by atoms with E-state index in [4.69, 9.17) is 4.74 Å². The molecule has 0 aliphatic heterocycles. The van der Waals surface area contributed by atoms with Crippen LogP contribution in [0.4, 0.5) is 0 Å². The summed E-state index contributed by atoms with van der Waals surface area (Å²) in [6.07, 6.45) is 0. The number of likely N-dealkylation sites (N-methyl/N-ethyl adjacent to an activating group) is 1. The molecule has 0 amide bonds. The van der Waals surface area contributed by atoms with E-state index in [-0.39, 0.29) is 5.88 Å². The third kappa shape index (κ3) is 2.78. The summed E-state index contributed by atoms with van der Waals surface area (Å²) in [6, 6.07) is 9.16. The molecule has 2 rings (SSSR count). The Bertz CT molecular complexity index is 497. The van der Waals surface area contributed by atoms with Crippen molar-refractivity contribution in [3.63, 3.8) is 0 Å². The summed E-state index contributed by atoms with van der Waals surface area (Å²) in [7, 11) is 3.89. The van der Waals surface area contributed by atoms with Crippen LogP contribution in [0.2, 0.25) is 0 Å². The zero-order valence-electron chi connectivity index (χ0n) is 10.4. The van der Waals surface area contributed by atoms with Gasteiger partial charge in [-0.3, -0.25) is 4.63 Å². The van der Waals surface area contributed by atoms with Gasteiger partial charge in [0.2, 0.25) is 0 Å². The maximum absolute atomic E-state index is 11.5. The van der Waals surface area contributed by atoms with Gasteiger partial charge >= 0.3 is 5.88 Å². The molecule has 0 saturated heterocycles. The molecule has 96 valence electrons. The van der Waals surface area contributed by atoms with Crippen LogP contribution in [0.1, 0.15) is 0 Å². The van der Waals surface area contributed by atoms with Crippen LogP contribution in [0, 0.1) is 5.21 Å². The second-order valence-electron chi connectivity index (χ2n) is 4.10. The SMILES string of the molecule is CN(C)CCOc1no[n+]([O-])c1-c1ccccc1. The first-order valence-corrected chi connectivity index (χ1v) is 5.61. The highest BCUT2D eigenvalue weighted by Gasteiger charge is 2.22. The Labute approximate surface area is 105 Å². The van der Waals surface area contributed by atoms with E-state index in [1.54, 1.807) is 12.1 Å². The second kappa shape index (κ2) is 5.50. The predicted molar refractivity (Wildman–Crippen MR) is 64.9 cm³/mol. The molecule has 1 aromatic carbocycles. The van der Waals surface area contributed by atoms with Gasteiger partial charge < -0.3 is 14.8 Å². The van der Waals surface area contributed by atoms with Crippen molar-refractivity contribution in [1.82, 2.24) is 10.1 Å². The quantitative estimate of drug-likeness (QED) is 0.737. The molecule has 0 spiro atoms. The molecule has 1 aromatic heterocycles. The van der Waals surface area contributed by atoms with E-state index in [1.165, 1.54) is 0 Å². The summed E-state index contributed by atoms with van der Waals surface area (Å²) < 4.78 is 10.0. The molecule has 0 atom stereocenters. The average molecular weight is 249 g/mol. The first-order valence-electron chi connectivity index (χ1n) is 5.61. The van der Waals surface area contributed by atoms with Crippen molar-refractivity contribution in [1.29, 1.82) is 0 Å². The maximum Gasteiger partial charge on any atom is 0.402 e. The van der Waals surface area contributed by atoms with Crippen molar-refractivity contribution in [2.24, 2.45) is 0 Å². The van der Waals surface area contributed by atoms with Crippen LogP contribution in [-0.2, 0) is 0 Å². The zero-order valence-corrected chi connectivity index (χ0v) is 10.4. The van der Waals surface area contributed by atoms with Gasteiger partial charge in [-0.2, -0.15) is 0 Å². The minimum atomic E-state index is 0.220. The van der Waals surface area contributed by atoms with E-state index < -0.39 is 0 Å². The van der Waals surface area contributed by atoms with E-state index in [2.05, 4.69) is 9.79 Å². The van der Waals surface area contributed by atoms with E-state index in [9.17, 15) is 5.21 Å². The zero-order chi connectivity index (χ0) is 13.0. The molecule has 0 aliphatic carbocycles. The van der Waals surface area contributed by atoms with Gasteiger partial charge in [-0.15, -0.1) is 0 Å². The third-order valence-electron chi connectivity index (χ3n) is 2.41. The van der Waals surface area contributed by atoms with Crippen molar-refractivity contribution in [2.75, 3.05) is 27.2 Å². The van der Waals surface area contributed by atoms with Gasteiger partial charge in [0.15, 0.2) is 0 Å². The lowest BCUT2D eigenvalue weighted by Crippen LogP contribution is -2.25. The van der Waals surface area contributed by atoms with E-state index in [1.807, 2.05) is 37.2 Å². The molecule has 1 heterocycles. The van der Waals surface area contributed by atoms with Crippen LogP contribution >= 0.6 is 0 Å².